The number of phenolic OH excluding ortho intramolecular Hbond substituents is 1. The molecule has 1 radical (unpaired) electrons. The van der Waals surface area contributed by atoms with Gasteiger partial charge in [0.05, 0.1) is 0 Å². The molecule has 2 rings (SSSR count). The third-order valence-electron chi connectivity index (χ3n) is 3.09. The predicted molar refractivity (Wildman–Crippen MR) is 81.0 cm³/mol. The topological polar surface area (TPSA) is 26.7 Å². The van der Waals surface area contributed by atoms with Gasteiger partial charge < -0.3 is 14.9 Å². The van der Waals surface area contributed by atoms with Crippen LogP contribution in [0.15, 0.2) is 36.4 Å². The molecule has 3 heteroatoms. The van der Waals surface area contributed by atoms with E-state index in [4.69, 9.17) is 0 Å². The first-order valence-corrected chi connectivity index (χ1v) is 6.19. The molecule has 2 aromatic rings. The van der Waals surface area contributed by atoms with Gasteiger partial charge in [0.1, 0.15) is 5.75 Å². The molecule has 3 nitrogen and oxygen atoms in total. The highest BCUT2D eigenvalue weighted by atomic mass is 16.3. The van der Waals surface area contributed by atoms with Crippen molar-refractivity contribution >= 4 is 11.4 Å². The fraction of sp³-hybridized carbons (Fsp3) is 0.250. The van der Waals surface area contributed by atoms with Crippen molar-refractivity contribution in [2.45, 2.75) is 0 Å². The Morgan fingerprint density at radius 3 is 2.11 bits per heavy atom. The minimum Gasteiger partial charge on any atom is -0.507 e. The van der Waals surface area contributed by atoms with E-state index < -0.39 is 0 Å². The van der Waals surface area contributed by atoms with Gasteiger partial charge in [-0.05, 0) is 35.9 Å². The highest BCUT2D eigenvalue weighted by Crippen LogP contribution is 2.33. The molecule has 19 heavy (non-hydrogen) atoms. The van der Waals surface area contributed by atoms with E-state index in [9.17, 15) is 5.11 Å². The van der Waals surface area contributed by atoms with Crippen LogP contribution < -0.4 is 9.80 Å². The minimum absolute atomic E-state index is 0.276. The molecule has 0 atom stereocenters. The van der Waals surface area contributed by atoms with Crippen molar-refractivity contribution in [2.75, 3.05) is 38.0 Å². The molecule has 99 valence electrons. The first kappa shape index (κ1) is 13.3. The average molecular weight is 255 g/mol. The highest BCUT2D eigenvalue weighted by Gasteiger charge is 2.07. The Balaban J connectivity index is 2.44. The number of hydrogen-bond acceptors (Lipinski definition) is 3. The van der Waals surface area contributed by atoms with Crippen LogP contribution in [0.5, 0.6) is 5.75 Å². The minimum atomic E-state index is 0.276. The third-order valence-corrected chi connectivity index (χ3v) is 3.09. The van der Waals surface area contributed by atoms with Gasteiger partial charge in [0, 0.05) is 51.2 Å². The zero-order chi connectivity index (χ0) is 14.0. The maximum absolute atomic E-state index is 10.2. The van der Waals surface area contributed by atoms with Crippen molar-refractivity contribution in [3.8, 4) is 16.9 Å². The molecule has 0 aromatic heterocycles. The summed E-state index contributed by atoms with van der Waals surface area (Å²) in [5.74, 6) is 0.276. The monoisotopic (exact) mass is 255 g/mol. The van der Waals surface area contributed by atoms with Crippen LogP contribution in [0.2, 0.25) is 0 Å². The Morgan fingerprint density at radius 1 is 0.895 bits per heavy atom. The summed E-state index contributed by atoms with van der Waals surface area (Å²) in [4.78, 5) is 3.99. The molecule has 0 saturated carbocycles. The van der Waals surface area contributed by atoms with Crippen LogP contribution in [0.1, 0.15) is 0 Å². The fourth-order valence-electron chi connectivity index (χ4n) is 1.91. The lowest BCUT2D eigenvalue weighted by Crippen LogP contribution is -2.08. The second kappa shape index (κ2) is 5.22. The molecule has 0 aliphatic heterocycles. The smallest absolute Gasteiger partial charge is 0.125 e. The van der Waals surface area contributed by atoms with Gasteiger partial charge in [0.2, 0.25) is 0 Å². The number of hydrogen-bond donors (Lipinski definition) is 1. The Morgan fingerprint density at radius 2 is 1.53 bits per heavy atom. The third kappa shape index (κ3) is 2.81. The van der Waals surface area contributed by atoms with E-state index in [1.54, 1.807) is 6.07 Å². The lowest BCUT2D eigenvalue weighted by molar-refractivity contribution is 0.477. The van der Waals surface area contributed by atoms with Crippen LogP contribution >= 0.6 is 0 Å². The molecule has 0 aliphatic rings. The lowest BCUT2D eigenvalue weighted by atomic mass is 10.0. The van der Waals surface area contributed by atoms with E-state index in [0.29, 0.717) is 0 Å². The zero-order valence-electron chi connectivity index (χ0n) is 11.8. The van der Waals surface area contributed by atoms with E-state index >= 15 is 0 Å². The van der Waals surface area contributed by atoms with E-state index in [1.165, 1.54) is 0 Å². The summed E-state index contributed by atoms with van der Waals surface area (Å²) in [6.07, 6.45) is 0. The summed E-state index contributed by atoms with van der Waals surface area (Å²) in [6.45, 7) is 0. The van der Waals surface area contributed by atoms with Crippen LogP contribution in [0.4, 0.5) is 11.4 Å². The molecule has 0 spiro atoms. The molecular formula is C16H19N2O. The van der Waals surface area contributed by atoms with Crippen molar-refractivity contribution in [3.63, 3.8) is 0 Å². The van der Waals surface area contributed by atoms with Gasteiger partial charge >= 0.3 is 0 Å². The Bertz CT molecular complexity index is 577. The summed E-state index contributed by atoms with van der Waals surface area (Å²) in [6, 6.07) is 14.7. The van der Waals surface area contributed by atoms with Gasteiger partial charge in [0.15, 0.2) is 0 Å². The fourth-order valence-corrected chi connectivity index (χ4v) is 1.91. The van der Waals surface area contributed by atoms with Gasteiger partial charge in [0.25, 0.3) is 0 Å². The summed E-state index contributed by atoms with van der Waals surface area (Å²) >= 11 is 0. The number of anilines is 2. The Labute approximate surface area is 114 Å². The molecule has 0 heterocycles. The lowest BCUT2D eigenvalue weighted by Gasteiger charge is -2.16. The molecule has 0 fully saturated rings. The number of aromatic hydroxyl groups is 1. The van der Waals surface area contributed by atoms with Crippen LogP contribution in [0.25, 0.3) is 11.1 Å². The SMILES string of the molecule is CN(C)c1cc[c]c(-c2ccc(N(C)C)cc2O)c1. The molecule has 0 aliphatic carbocycles. The molecule has 0 bridgehead atoms. The maximum Gasteiger partial charge on any atom is 0.125 e. The van der Waals surface area contributed by atoms with E-state index in [-0.39, 0.29) is 5.75 Å². The first-order valence-electron chi connectivity index (χ1n) is 6.19. The normalized spacial score (nSPS) is 10.3. The van der Waals surface area contributed by atoms with Crippen molar-refractivity contribution in [2.24, 2.45) is 0 Å². The predicted octanol–water partition coefficient (Wildman–Crippen LogP) is 2.99. The molecular weight excluding hydrogens is 236 g/mol. The quantitative estimate of drug-likeness (QED) is 0.913. The first-order chi connectivity index (χ1) is 8.99. The summed E-state index contributed by atoms with van der Waals surface area (Å²) in [7, 11) is 7.89. The van der Waals surface area contributed by atoms with Crippen molar-refractivity contribution in [3.05, 3.63) is 42.5 Å². The summed E-state index contributed by atoms with van der Waals surface area (Å²) in [5.41, 5.74) is 3.76. The Hall–Kier alpha value is -2.16. The van der Waals surface area contributed by atoms with Crippen molar-refractivity contribution in [1.82, 2.24) is 0 Å². The molecule has 0 saturated heterocycles. The maximum atomic E-state index is 10.2. The average Bonchev–Trinajstić information content (AvgIpc) is 2.38. The summed E-state index contributed by atoms with van der Waals surface area (Å²) in [5, 5.41) is 10.2. The van der Waals surface area contributed by atoms with Crippen molar-refractivity contribution in [1.29, 1.82) is 0 Å². The van der Waals surface area contributed by atoms with Crippen molar-refractivity contribution < 1.29 is 5.11 Å². The van der Waals surface area contributed by atoms with Crippen LogP contribution in [-0.4, -0.2) is 33.3 Å². The van der Waals surface area contributed by atoms with Gasteiger partial charge in [-0.3, -0.25) is 0 Å². The number of benzene rings is 2. The molecule has 1 N–H and O–H groups in total. The van der Waals surface area contributed by atoms with E-state index in [1.807, 2.05) is 68.3 Å². The molecule has 2 aromatic carbocycles. The van der Waals surface area contributed by atoms with Gasteiger partial charge in [-0.15, -0.1) is 0 Å². The van der Waals surface area contributed by atoms with Gasteiger partial charge in [-0.1, -0.05) is 6.07 Å². The van der Waals surface area contributed by atoms with Crippen LogP contribution in [-0.2, 0) is 0 Å². The molecule has 0 unspecified atom stereocenters. The standard InChI is InChI=1S/C16H19N2O/c1-17(2)13-7-5-6-12(10-13)15-9-8-14(18(3)4)11-16(15)19/h5,7-11,19H,1-4H3. The van der Waals surface area contributed by atoms with E-state index in [0.717, 1.165) is 22.5 Å². The highest BCUT2D eigenvalue weighted by molar-refractivity contribution is 5.75. The van der Waals surface area contributed by atoms with Crippen LogP contribution in [0.3, 0.4) is 0 Å². The van der Waals surface area contributed by atoms with Gasteiger partial charge in [-0.2, -0.15) is 0 Å². The number of rotatable bonds is 3. The second-order valence-electron chi connectivity index (χ2n) is 4.95. The van der Waals surface area contributed by atoms with Crippen LogP contribution in [0, 0.1) is 6.07 Å². The molecule has 0 amide bonds. The number of phenols is 1. The largest absolute Gasteiger partial charge is 0.507 e. The van der Waals surface area contributed by atoms with E-state index in [2.05, 4.69) is 6.07 Å². The number of nitrogens with zero attached hydrogens (tertiary/aromatic N) is 2. The Kier molecular flexibility index (Phi) is 3.65. The zero-order valence-corrected chi connectivity index (χ0v) is 11.8. The second-order valence-corrected chi connectivity index (χ2v) is 4.95. The summed E-state index contributed by atoms with van der Waals surface area (Å²) < 4.78 is 0. The van der Waals surface area contributed by atoms with Gasteiger partial charge in [-0.25, -0.2) is 0 Å².